The van der Waals surface area contributed by atoms with Gasteiger partial charge in [0.1, 0.15) is 10.8 Å². The molecule has 23 heavy (non-hydrogen) atoms. The molecule has 0 fully saturated rings. The van der Waals surface area contributed by atoms with Crippen molar-refractivity contribution in [1.82, 2.24) is 15.0 Å². The minimum Gasteiger partial charge on any atom is -0.382 e. The molecule has 0 saturated heterocycles. The second kappa shape index (κ2) is 6.67. The van der Waals surface area contributed by atoms with Gasteiger partial charge in [-0.3, -0.25) is 4.21 Å². The average Bonchev–Trinajstić information content (AvgIpc) is 2.93. The fourth-order valence-electron chi connectivity index (χ4n) is 2.32. The molecule has 0 aliphatic carbocycles. The van der Waals surface area contributed by atoms with Gasteiger partial charge >= 0.3 is 0 Å². The van der Waals surface area contributed by atoms with Crippen LogP contribution in [0.25, 0.3) is 0 Å². The minimum absolute atomic E-state index is 0.283. The van der Waals surface area contributed by atoms with E-state index >= 15 is 0 Å². The lowest BCUT2D eigenvalue weighted by molar-refractivity contribution is 0.674. The number of rotatable bonds is 5. The molecule has 1 aliphatic heterocycles. The largest absolute Gasteiger partial charge is 0.382 e. The molecule has 122 valence electrons. The van der Waals surface area contributed by atoms with Crippen LogP contribution in [0.4, 0.5) is 17.3 Å². The number of nitrogens with one attached hydrogen (secondary N) is 1. The Morgan fingerprint density at radius 3 is 2.96 bits per heavy atom. The lowest BCUT2D eigenvalue weighted by atomic mass is 10.2. The number of nitrogen functional groups attached to an aromatic ring is 1. The Morgan fingerprint density at radius 2 is 2.26 bits per heavy atom. The summed E-state index contributed by atoms with van der Waals surface area (Å²) in [6, 6.07) is 3.66. The van der Waals surface area contributed by atoms with E-state index in [1.807, 2.05) is 17.9 Å². The van der Waals surface area contributed by atoms with E-state index in [1.54, 1.807) is 12.3 Å². The molecule has 2 aromatic rings. The monoisotopic (exact) mass is 352 g/mol. The van der Waals surface area contributed by atoms with Gasteiger partial charge in [0, 0.05) is 18.5 Å². The topological polar surface area (TPSA) is 97.0 Å². The Hall–Kier alpha value is -1.93. The van der Waals surface area contributed by atoms with Crippen LogP contribution in [0.3, 0.4) is 0 Å². The zero-order valence-corrected chi connectivity index (χ0v) is 14.2. The molecule has 2 aromatic heterocycles. The van der Waals surface area contributed by atoms with Crippen LogP contribution in [-0.4, -0.2) is 31.6 Å². The van der Waals surface area contributed by atoms with Crippen LogP contribution in [0, 0.1) is 0 Å². The zero-order chi connectivity index (χ0) is 16.4. The van der Waals surface area contributed by atoms with Gasteiger partial charge in [-0.25, -0.2) is 15.0 Å². The van der Waals surface area contributed by atoms with Crippen LogP contribution >= 0.6 is 11.6 Å². The summed E-state index contributed by atoms with van der Waals surface area (Å²) in [5, 5.41) is 3.92. The Bertz CT molecular complexity index is 739. The Balaban J connectivity index is 1.88. The lowest BCUT2D eigenvalue weighted by Gasteiger charge is -2.17. The van der Waals surface area contributed by atoms with E-state index in [1.165, 1.54) is 0 Å². The second-order valence-electron chi connectivity index (χ2n) is 5.16. The first-order chi connectivity index (χ1) is 11.1. The summed E-state index contributed by atoms with van der Waals surface area (Å²) in [5.41, 5.74) is 7.66. The van der Waals surface area contributed by atoms with Crippen molar-refractivity contribution in [2.45, 2.75) is 25.0 Å². The van der Waals surface area contributed by atoms with Gasteiger partial charge in [-0.2, -0.15) is 0 Å². The molecular formula is C14H17ClN6OS. The highest BCUT2D eigenvalue weighted by Gasteiger charge is 2.25. The molecule has 0 aromatic carbocycles. The van der Waals surface area contributed by atoms with Crippen molar-refractivity contribution < 1.29 is 4.21 Å². The number of pyridine rings is 1. The summed E-state index contributed by atoms with van der Waals surface area (Å²) in [4.78, 5) is 14.7. The summed E-state index contributed by atoms with van der Waals surface area (Å²) in [7, 11) is -1.24. The predicted molar refractivity (Wildman–Crippen MR) is 91.9 cm³/mol. The molecule has 0 radical (unpaired) electrons. The molecule has 1 aliphatic rings. The minimum atomic E-state index is -1.24. The highest BCUT2D eigenvalue weighted by Crippen LogP contribution is 2.34. The van der Waals surface area contributed by atoms with Crippen LogP contribution in [0.15, 0.2) is 23.5 Å². The van der Waals surface area contributed by atoms with Gasteiger partial charge in [-0.1, -0.05) is 24.6 Å². The zero-order valence-electron chi connectivity index (χ0n) is 12.6. The second-order valence-corrected chi connectivity index (χ2v) is 7.01. The van der Waals surface area contributed by atoms with Crippen LogP contribution in [0.2, 0.25) is 5.15 Å². The molecule has 0 saturated carbocycles. The van der Waals surface area contributed by atoms with Crippen molar-refractivity contribution in [2.24, 2.45) is 0 Å². The molecule has 3 heterocycles. The third-order valence-electron chi connectivity index (χ3n) is 3.40. The van der Waals surface area contributed by atoms with E-state index in [2.05, 4.69) is 20.3 Å². The van der Waals surface area contributed by atoms with E-state index in [4.69, 9.17) is 17.3 Å². The van der Waals surface area contributed by atoms with Gasteiger partial charge in [-0.05, 0) is 18.1 Å². The fourth-order valence-corrected chi connectivity index (χ4v) is 3.38. The SMILES string of the molecule is CCCS(=O)c1nc(N)c2c(n1)N(Cc1ccc(Cl)nc1)CN2. The molecule has 3 N–H and O–H groups in total. The van der Waals surface area contributed by atoms with Crippen LogP contribution in [0.5, 0.6) is 0 Å². The molecule has 0 amide bonds. The van der Waals surface area contributed by atoms with Crippen molar-refractivity contribution in [1.29, 1.82) is 0 Å². The fraction of sp³-hybridized carbons (Fsp3) is 0.357. The summed E-state index contributed by atoms with van der Waals surface area (Å²) in [6.07, 6.45) is 2.52. The van der Waals surface area contributed by atoms with Crippen molar-refractivity contribution in [2.75, 3.05) is 28.4 Å². The first-order valence-corrected chi connectivity index (χ1v) is 8.93. The maximum Gasteiger partial charge on any atom is 0.222 e. The van der Waals surface area contributed by atoms with Crippen molar-refractivity contribution in [3.05, 3.63) is 29.0 Å². The number of hydrogen-bond donors (Lipinski definition) is 2. The van der Waals surface area contributed by atoms with Gasteiger partial charge in [0.25, 0.3) is 0 Å². The van der Waals surface area contributed by atoms with E-state index in [0.717, 1.165) is 12.0 Å². The van der Waals surface area contributed by atoms with Gasteiger partial charge in [0.05, 0.1) is 17.5 Å². The Morgan fingerprint density at radius 1 is 1.43 bits per heavy atom. The maximum atomic E-state index is 12.2. The first kappa shape index (κ1) is 15.9. The average molecular weight is 353 g/mol. The predicted octanol–water partition coefficient (Wildman–Crippen LogP) is 2.01. The van der Waals surface area contributed by atoms with Crippen molar-refractivity contribution >= 4 is 39.7 Å². The van der Waals surface area contributed by atoms with E-state index in [0.29, 0.717) is 41.4 Å². The molecule has 1 unspecified atom stereocenters. The first-order valence-electron chi connectivity index (χ1n) is 7.23. The van der Waals surface area contributed by atoms with E-state index in [-0.39, 0.29) is 5.16 Å². The highest BCUT2D eigenvalue weighted by atomic mass is 35.5. The number of nitrogens with zero attached hydrogens (tertiary/aromatic N) is 4. The molecular weight excluding hydrogens is 336 g/mol. The Labute approximate surface area is 141 Å². The van der Waals surface area contributed by atoms with Crippen molar-refractivity contribution in [3.8, 4) is 0 Å². The number of anilines is 3. The number of hydrogen-bond acceptors (Lipinski definition) is 7. The summed E-state index contributed by atoms with van der Waals surface area (Å²) >= 11 is 5.81. The molecule has 7 nitrogen and oxygen atoms in total. The smallest absolute Gasteiger partial charge is 0.222 e. The normalized spacial score (nSPS) is 14.4. The van der Waals surface area contributed by atoms with E-state index < -0.39 is 10.8 Å². The summed E-state index contributed by atoms with van der Waals surface area (Å²) in [5.74, 6) is 1.52. The molecule has 0 bridgehead atoms. The molecule has 3 rings (SSSR count). The molecule has 0 spiro atoms. The Kier molecular flexibility index (Phi) is 4.63. The van der Waals surface area contributed by atoms with Gasteiger partial charge < -0.3 is 16.0 Å². The van der Waals surface area contributed by atoms with Gasteiger partial charge in [0.15, 0.2) is 11.6 Å². The molecule has 1 atom stereocenters. The number of halogens is 1. The van der Waals surface area contributed by atoms with Crippen LogP contribution in [-0.2, 0) is 17.3 Å². The van der Waals surface area contributed by atoms with Gasteiger partial charge in [0.2, 0.25) is 5.16 Å². The standard InChI is InChI=1S/C14H17ClN6OS/c1-2-5-23(22)14-19-12(16)11-13(20-14)21(8-18-11)7-9-3-4-10(15)17-6-9/h3-4,6,18H,2,5,7-8H2,1H3,(H2,16,19,20). The maximum absolute atomic E-state index is 12.2. The quantitative estimate of drug-likeness (QED) is 0.627. The third kappa shape index (κ3) is 3.37. The summed E-state index contributed by atoms with van der Waals surface area (Å²) < 4.78 is 12.2. The lowest BCUT2D eigenvalue weighted by Crippen LogP contribution is -2.23. The third-order valence-corrected chi connectivity index (χ3v) is 4.99. The number of aromatic nitrogens is 3. The number of nitrogens with two attached hydrogens (primary N) is 1. The van der Waals surface area contributed by atoms with E-state index in [9.17, 15) is 4.21 Å². The number of fused-ring (bicyclic) bond motifs is 1. The summed E-state index contributed by atoms with van der Waals surface area (Å²) in [6.45, 7) is 3.12. The highest BCUT2D eigenvalue weighted by molar-refractivity contribution is 7.84. The molecule has 9 heteroatoms. The van der Waals surface area contributed by atoms with Crippen molar-refractivity contribution in [3.63, 3.8) is 0 Å². The van der Waals surface area contributed by atoms with Crippen LogP contribution < -0.4 is 16.0 Å². The van der Waals surface area contributed by atoms with Crippen LogP contribution in [0.1, 0.15) is 18.9 Å². The van der Waals surface area contributed by atoms with Gasteiger partial charge in [-0.15, -0.1) is 0 Å².